The van der Waals surface area contributed by atoms with Gasteiger partial charge in [-0.15, -0.1) is 0 Å². The van der Waals surface area contributed by atoms with Gasteiger partial charge in [0.25, 0.3) is 15.7 Å². The largest absolute Gasteiger partial charge is 0.276 e. The number of hydrazone groups is 1. The molecule has 120 valence electrons. The lowest BCUT2D eigenvalue weighted by Gasteiger charge is -2.05. The van der Waals surface area contributed by atoms with Gasteiger partial charge in [-0.05, 0) is 31.2 Å². The number of nitrogens with one attached hydrogen (secondary N) is 1. The van der Waals surface area contributed by atoms with Crippen molar-refractivity contribution in [2.45, 2.75) is 11.8 Å². The second-order valence-electron chi connectivity index (χ2n) is 4.55. The van der Waals surface area contributed by atoms with Crippen molar-refractivity contribution in [3.05, 3.63) is 68.7 Å². The van der Waals surface area contributed by atoms with E-state index in [-0.39, 0.29) is 10.6 Å². The molecule has 2 aromatic rings. The van der Waals surface area contributed by atoms with Crippen LogP contribution in [0.5, 0.6) is 0 Å². The third kappa shape index (κ3) is 4.36. The molecule has 0 spiro atoms. The fourth-order valence-corrected chi connectivity index (χ4v) is 2.83. The molecule has 0 aliphatic carbocycles. The van der Waals surface area contributed by atoms with Gasteiger partial charge in [0, 0.05) is 22.2 Å². The van der Waals surface area contributed by atoms with Gasteiger partial charge in [0.2, 0.25) is 0 Å². The lowest BCUT2D eigenvalue weighted by atomic mass is 10.1. The SMILES string of the molecule is C/C(=N\NS(=O)(=O)c1ccc(Br)cc1)c1cccc([N+](=O)[O-])c1. The third-order valence-corrected chi connectivity index (χ3v) is 4.69. The molecule has 2 aromatic carbocycles. The summed E-state index contributed by atoms with van der Waals surface area (Å²) in [5, 5.41) is 14.6. The summed E-state index contributed by atoms with van der Waals surface area (Å²) >= 11 is 3.23. The summed E-state index contributed by atoms with van der Waals surface area (Å²) in [6, 6.07) is 11.9. The minimum Gasteiger partial charge on any atom is -0.258 e. The smallest absolute Gasteiger partial charge is 0.258 e. The topological polar surface area (TPSA) is 102 Å². The number of non-ortho nitro benzene ring substituents is 1. The number of rotatable bonds is 5. The zero-order valence-electron chi connectivity index (χ0n) is 11.9. The van der Waals surface area contributed by atoms with Crippen LogP contribution >= 0.6 is 15.9 Å². The van der Waals surface area contributed by atoms with Gasteiger partial charge in [-0.2, -0.15) is 18.4 Å². The Morgan fingerprint density at radius 3 is 2.48 bits per heavy atom. The van der Waals surface area contributed by atoms with E-state index in [2.05, 4.69) is 25.9 Å². The number of hydrogen-bond acceptors (Lipinski definition) is 5. The average Bonchev–Trinajstić information content (AvgIpc) is 2.53. The summed E-state index contributed by atoms with van der Waals surface area (Å²) in [7, 11) is -3.80. The summed E-state index contributed by atoms with van der Waals surface area (Å²) < 4.78 is 25.0. The second kappa shape index (κ2) is 6.88. The molecule has 0 bridgehead atoms. The maximum absolute atomic E-state index is 12.1. The number of halogens is 1. The zero-order valence-corrected chi connectivity index (χ0v) is 14.3. The number of hydrogen-bond donors (Lipinski definition) is 1. The Bertz CT molecular complexity index is 864. The fourth-order valence-electron chi connectivity index (χ4n) is 1.70. The van der Waals surface area contributed by atoms with Crippen molar-refractivity contribution in [2.24, 2.45) is 5.10 Å². The molecule has 0 heterocycles. The van der Waals surface area contributed by atoms with Crippen molar-refractivity contribution in [1.29, 1.82) is 0 Å². The Hall–Kier alpha value is -2.26. The molecule has 0 aliphatic rings. The molecule has 0 amide bonds. The van der Waals surface area contributed by atoms with Crippen LogP contribution in [0.15, 0.2) is 63.0 Å². The molecule has 0 radical (unpaired) electrons. The van der Waals surface area contributed by atoms with Crippen LogP contribution in [0.25, 0.3) is 0 Å². The van der Waals surface area contributed by atoms with Gasteiger partial charge in [0.1, 0.15) is 0 Å². The minimum absolute atomic E-state index is 0.0660. The first kappa shape index (κ1) is 17.1. The van der Waals surface area contributed by atoms with E-state index in [4.69, 9.17) is 0 Å². The summed E-state index contributed by atoms with van der Waals surface area (Å²) in [6.07, 6.45) is 0. The molecule has 0 atom stereocenters. The normalized spacial score (nSPS) is 12.0. The fraction of sp³-hybridized carbons (Fsp3) is 0.0714. The Morgan fingerprint density at radius 1 is 1.22 bits per heavy atom. The van der Waals surface area contributed by atoms with Crippen LogP contribution in [-0.4, -0.2) is 19.1 Å². The maximum Gasteiger partial charge on any atom is 0.276 e. The summed E-state index contributed by atoms with van der Waals surface area (Å²) in [5.74, 6) is 0. The molecule has 7 nitrogen and oxygen atoms in total. The Balaban J connectivity index is 2.23. The number of nitrogens with zero attached hydrogens (tertiary/aromatic N) is 2. The van der Waals surface area contributed by atoms with Gasteiger partial charge in [-0.25, -0.2) is 0 Å². The van der Waals surface area contributed by atoms with Crippen LogP contribution in [0.4, 0.5) is 5.69 Å². The van der Waals surface area contributed by atoms with E-state index >= 15 is 0 Å². The van der Waals surface area contributed by atoms with Gasteiger partial charge in [-0.3, -0.25) is 10.1 Å². The molecule has 2 rings (SSSR count). The molecule has 0 aliphatic heterocycles. The average molecular weight is 398 g/mol. The van der Waals surface area contributed by atoms with E-state index in [0.717, 1.165) is 4.47 Å². The molecule has 0 unspecified atom stereocenters. The molecular formula is C14H12BrN3O4S. The van der Waals surface area contributed by atoms with Crippen molar-refractivity contribution in [2.75, 3.05) is 0 Å². The molecule has 0 aromatic heterocycles. The van der Waals surface area contributed by atoms with Crippen LogP contribution < -0.4 is 4.83 Å². The molecule has 1 N–H and O–H groups in total. The van der Waals surface area contributed by atoms with E-state index in [0.29, 0.717) is 11.3 Å². The Kier molecular flexibility index (Phi) is 5.12. The third-order valence-electron chi connectivity index (χ3n) is 2.93. The van der Waals surface area contributed by atoms with Crippen molar-refractivity contribution in [3.63, 3.8) is 0 Å². The Labute approximate surface area is 141 Å². The first-order valence-corrected chi connectivity index (χ1v) is 8.64. The number of sulfonamides is 1. The molecular weight excluding hydrogens is 386 g/mol. The Morgan fingerprint density at radius 2 is 1.87 bits per heavy atom. The lowest BCUT2D eigenvalue weighted by Crippen LogP contribution is -2.19. The van der Waals surface area contributed by atoms with Crippen LogP contribution in [0, 0.1) is 10.1 Å². The maximum atomic E-state index is 12.1. The monoisotopic (exact) mass is 397 g/mol. The van der Waals surface area contributed by atoms with Crippen molar-refractivity contribution >= 4 is 37.4 Å². The number of nitro groups is 1. The quantitative estimate of drug-likeness (QED) is 0.475. The van der Waals surface area contributed by atoms with Gasteiger partial charge >= 0.3 is 0 Å². The second-order valence-corrected chi connectivity index (χ2v) is 7.13. The highest BCUT2D eigenvalue weighted by atomic mass is 79.9. The first-order chi connectivity index (χ1) is 10.8. The van der Waals surface area contributed by atoms with E-state index in [1.54, 1.807) is 25.1 Å². The van der Waals surface area contributed by atoms with Gasteiger partial charge in [-0.1, -0.05) is 28.1 Å². The van der Waals surface area contributed by atoms with Gasteiger partial charge in [0.15, 0.2) is 0 Å². The predicted octanol–water partition coefficient (Wildman–Crippen LogP) is 3.06. The summed E-state index contributed by atoms with van der Waals surface area (Å²) in [5.41, 5.74) is 0.680. The van der Waals surface area contributed by atoms with Crippen LogP contribution in [0.2, 0.25) is 0 Å². The van der Waals surface area contributed by atoms with E-state index in [1.165, 1.54) is 30.3 Å². The lowest BCUT2D eigenvalue weighted by molar-refractivity contribution is -0.384. The van der Waals surface area contributed by atoms with Crippen molar-refractivity contribution < 1.29 is 13.3 Å². The van der Waals surface area contributed by atoms with Crippen molar-refractivity contribution in [1.82, 2.24) is 4.83 Å². The summed E-state index contributed by atoms with van der Waals surface area (Å²) in [4.78, 5) is 12.4. The predicted molar refractivity (Wildman–Crippen MR) is 89.8 cm³/mol. The van der Waals surface area contributed by atoms with Gasteiger partial charge in [0.05, 0.1) is 15.5 Å². The number of nitro benzene ring substituents is 1. The van der Waals surface area contributed by atoms with E-state index < -0.39 is 14.9 Å². The molecule has 23 heavy (non-hydrogen) atoms. The molecule has 0 fully saturated rings. The number of benzene rings is 2. The van der Waals surface area contributed by atoms with Crippen LogP contribution in [0.1, 0.15) is 12.5 Å². The highest BCUT2D eigenvalue weighted by Crippen LogP contribution is 2.16. The van der Waals surface area contributed by atoms with E-state index in [1.807, 2.05) is 0 Å². The highest BCUT2D eigenvalue weighted by Gasteiger charge is 2.13. The zero-order chi connectivity index (χ0) is 17.0. The molecule has 0 saturated carbocycles. The highest BCUT2D eigenvalue weighted by molar-refractivity contribution is 9.10. The standard InChI is InChI=1S/C14H12BrN3O4S/c1-10(11-3-2-4-13(9-11)18(19)20)16-17-23(21,22)14-7-5-12(15)6-8-14/h2-9,17H,1H3/b16-10+. The molecule has 9 heteroatoms. The molecule has 0 saturated heterocycles. The van der Waals surface area contributed by atoms with Crippen LogP contribution in [0.3, 0.4) is 0 Å². The van der Waals surface area contributed by atoms with Crippen molar-refractivity contribution in [3.8, 4) is 0 Å². The minimum atomic E-state index is -3.80. The summed E-state index contributed by atoms with van der Waals surface area (Å²) in [6.45, 7) is 1.56. The first-order valence-electron chi connectivity index (χ1n) is 6.36. The van der Waals surface area contributed by atoms with E-state index in [9.17, 15) is 18.5 Å². The van der Waals surface area contributed by atoms with Gasteiger partial charge < -0.3 is 0 Å². The van der Waals surface area contributed by atoms with Crippen LogP contribution in [-0.2, 0) is 10.0 Å².